The summed E-state index contributed by atoms with van der Waals surface area (Å²) in [5.41, 5.74) is 1.12. The minimum Gasteiger partial charge on any atom is -0.394 e. The molecule has 2 amide bonds. The molecule has 1 aromatic carbocycles. The predicted octanol–water partition coefficient (Wildman–Crippen LogP) is 2.37. The lowest BCUT2D eigenvalue weighted by atomic mass is 9.75. The van der Waals surface area contributed by atoms with E-state index in [4.69, 9.17) is 4.74 Å². The zero-order chi connectivity index (χ0) is 16.1. The van der Waals surface area contributed by atoms with Gasteiger partial charge < -0.3 is 20.5 Å². The third-order valence-corrected chi connectivity index (χ3v) is 5.39. The lowest BCUT2D eigenvalue weighted by molar-refractivity contribution is 0.00615. The van der Waals surface area contributed by atoms with Crippen LogP contribution in [0.3, 0.4) is 0 Å². The summed E-state index contributed by atoms with van der Waals surface area (Å²) in [6.45, 7) is 1.48. The number of hydrogen-bond acceptors (Lipinski definition) is 3. The van der Waals surface area contributed by atoms with E-state index in [0.717, 1.165) is 44.5 Å². The van der Waals surface area contributed by atoms with Gasteiger partial charge in [-0.2, -0.15) is 0 Å². The topological polar surface area (TPSA) is 70.6 Å². The number of nitrogens with one attached hydrogen (secondary N) is 2. The van der Waals surface area contributed by atoms with Crippen molar-refractivity contribution >= 4 is 6.03 Å². The van der Waals surface area contributed by atoms with E-state index in [1.54, 1.807) is 0 Å². The van der Waals surface area contributed by atoms with E-state index in [0.29, 0.717) is 0 Å². The molecule has 1 aliphatic carbocycles. The molecule has 1 aromatic rings. The monoisotopic (exact) mass is 318 g/mol. The second-order valence-electron chi connectivity index (χ2n) is 6.68. The standard InChI is InChI=1S/C18H26N2O3/c21-13-15(14-5-2-1-3-6-14)19-17(22)20-16-7-4-8-18(16)9-11-23-12-10-18/h1-3,5-6,15-16,21H,4,7-13H2,(H2,19,20,22)/t15-,16?/m1/s1. The van der Waals surface area contributed by atoms with Crippen LogP contribution < -0.4 is 10.6 Å². The summed E-state index contributed by atoms with van der Waals surface area (Å²) >= 11 is 0. The molecule has 0 aromatic heterocycles. The first-order chi connectivity index (χ1) is 11.2. The third-order valence-electron chi connectivity index (χ3n) is 5.39. The van der Waals surface area contributed by atoms with Crippen molar-refractivity contribution in [1.82, 2.24) is 10.6 Å². The maximum atomic E-state index is 12.4. The Morgan fingerprint density at radius 3 is 2.70 bits per heavy atom. The summed E-state index contributed by atoms with van der Waals surface area (Å²) < 4.78 is 5.49. The van der Waals surface area contributed by atoms with E-state index >= 15 is 0 Å². The van der Waals surface area contributed by atoms with Crippen LogP contribution in [0.15, 0.2) is 30.3 Å². The van der Waals surface area contributed by atoms with Gasteiger partial charge >= 0.3 is 6.03 Å². The number of aliphatic hydroxyl groups excluding tert-OH is 1. The van der Waals surface area contributed by atoms with Gasteiger partial charge in [0.25, 0.3) is 0 Å². The maximum absolute atomic E-state index is 12.4. The molecular formula is C18H26N2O3. The number of ether oxygens (including phenoxy) is 1. The molecule has 1 saturated carbocycles. The number of aliphatic hydroxyl groups is 1. The molecule has 2 atom stereocenters. The van der Waals surface area contributed by atoms with Gasteiger partial charge in [0.15, 0.2) is 0 Å². The van der Waals surface area contributed by atoms with E-state index < -0.39 is 0 Å². The molecule has 23 heavy (non-hydrogen) atoms. The number of carbonyl (C=O) groups excluding carboxylic acids is 1. The molecule has 1 aliphatic heterocycles. The normalized spacial score (nSPS) is 24.3. The fourth-order valence-electron chi connectivity index (χ4n) is 4.02. The zero-order valence-electron chi connectivity index (χ0n) is 13.5. The van der Waals surface area contributed by atoms with Crippen molar-refractivity contribution in [3.05, 3.63) is 35.9 Å². The van der Waals surface area contributed by atoms with Crippen molar-refractivity contribution in [2.24, 2.45) is 5.41 Å². The Kier molecular flexibility index (Phi) is 5.18. The van der Waals surface area contributed by atoms with Crippen molar-refractivity contribution < 1.29 is 14.6 Å². The van der Waals surface area contributed by atoms with Crippen LogP contribution in [0.1, 0.15) is 43.7 Å². The average Bonchev–Trinajstić information content (AvgIpc) is 2.96. The van der Waals surface area contributed by atoms with Gasteiger partial charge in [0, 0.05) is 19.3 Å². The second-order valence-corrected chi connectivity index (χ2v) is 6.68. The summed E-state index contributed by atoms with van der Waals surface area (Å²) in [5.74, 6) is 0. The van der Waals surface area contributed by atoms with Crippen LogP contribution in [0.25, 0.3) is 0 Å². The minimum absolute atomic E-state index is 0.110. The van der Waals surface area contributed by atoms with Gasteiger partial charge in [-0.3, -0.25) is 0 Å². The highest BCUT2D eigenvalue weighted by Crippen LogP contribution is 2.45. The molecule has 2 fully saturated rings. The average molecular weight is 318 g/mol. The van der Waals surface area contributed by atoms with Crippen LogP contribution >= 0.6 is 0 Å². The lowest BCUT2D eigenvalue weighted by Crippen LogP contribution is -2.51. The zero-order valence-corrected chi connectivity index (χ0v) is 13.5. The number of amides is 2. The fourth-order valence-corrected chi connectivity index (χ4v) is 4.02. The number of rotatable bonds is 4. The molecule has 3 rings (SSSR count). The highest BCUT2D eigenvalue weighted by molar-refractivity contribution is 5.75. The molecule has 1 unspecified atom stereocenters. The third kappa shape index (κ3) is 3.67. The molecule has 0 bridgehead atoms. The van der Waals surface area contributed by atoms with Crippen LogP contribution in [-0.4, -0.2) is 37.0 Å². The highest BCUT2D eigenvalue weighted by atomic mass is 16.5. The molecule has 0 radical (unpaired) electrons. The van der Waals surface area contributed by atoms with Crippen LogP contribution in [-0.2, 0) is 4.74 Å². The number of hydrogen-bond donors (Lipinski definition) is 3. The first-order valence-corrected chi connectivity index (χ1v) is 8.54. The molecule has 1 saturated heterocycles. The van der Waals surface area contributed by atoms with E-state index in [-0.39, 0.29) is 30.1 Å². The Morgan fingerprint density at radius 1 is 1.26 bits per heavy atom. The summed E-state index contributed by atoms with van der Waals surface area (Å²) in [4.78, 5) is 12.4. The molecule has 3 N–H and O–H groups in total. The maximum Gasteiger partial charge on any atom is 0.315 e. The van der Waals surface area contributed by atoms with Gasteiger partial charge in [0.2, 0.25) is 0 Å². The Bertz CT molecular complexity index is 514. The van der Waals surface area contributed by atoms with Crippen LogP contribution in [0.5, 0.6) is 0 Å². The Balaban J connectivity index is 1.60. The van der Waals surface area contributed by atoms with E-state index in [1.807, 2.05) is 30.3 Å². The number of benzene rings is 1. The van der Waals surface area contributed by atoms with Crippen LogP contribution in [0, 0.1) is 5.41 Å². The van der Waals surface area contributed by atoms with E-state index in [9.17, 15) is 9.90 Å². The summed E-state index contributed by atoms with van der Waals surface area (Å²) in [6, 6.07) is 9.21. The van der Waals surface area contributed by atoms with Crippen molar-refractivity contribution in [3.8, 4) is 0 Å². The Labute approximate surface area is 137 Å². The Morgan fingerprint density at radius 2 is 2.00 bits per heavy atom. The number of carbonyl (C=O) groups is 1. The van der Waals surface area contributed by atoms with Crippen molar-refractivity contribution in [3.63, 3.8) is 0 Å². The molecule has 5 heteroatoms. The van der Waals surface area contributed by atoms with Crippen molar-refractivity contribution in [2.75, 3.05) is 19.8 Å². The van der Waals surface area contributed by atoms with Gasteiger partial charge in [-0.25, -0.2) is 4.79 Å². The Hall–Kier alpha value is -1.59. The smallest absolute Gasteiger partial charge is 0.315 e. The van der Waals surface area contributed by atoms with E-state index in [2.05, 4.69) is 10.6 Å². The molecule has 1 heterocycles. The van der Waals surface area contributed by atoms with Gasteiger partial charge in [0.1, 0.15) is 0 Å². The SMILES string of the molecule is O=C(NC1CCCC12CCOCC2)N[C@H](CO)c1ccccc1. The molecular weight excluding hydrogens is 292 g/mol. The van der Waals surface area contributed by atoms with E-state index in [1.165, 1.54) is 6.42 Å². The van der Waals surface area contributed by atoms with Gasteiger partial charge in [-0.05, 0) is 36.7 Å². The molecule has 2 aliphatic rings. The summed E-state index contributed by atoms with van der Waals surface area (Å²) in [5, 5.41) is 15.6. The first kappa shape index (κ1) is 16.3. The summed E-state index contributed by atoms with van der Waals surface area (Å²) in [6.07, 6.45) is 5.42. The van der Waals surface area contributed by atoms with Gasteiger partial charge in [-0.15, -0.1) is 0 Å². The minimum atomic E-state index is -0.372. The molecule has 5 nitrogen and oxygen atoms in total. The fraction of sp³-hybridized carbons (Fsp3) is 0.611. The van der Waals surface area contributed by atoms with Gasteiger partial charge in [-0.1, -0.05) is 36.8 Å². The molecule has 1 spiro atoms. The van der Waals surface area contributed by atoms with Crippen molar-refractivity contribution in [1.29, 1.82) is 0 Å². The predicted molar refractivity (Wildman–Crippen MR) is 88.1 cm³/mol. The lowest BCUT2D eigenvalue weighted by Gasteiger charge is -2.39. The van der Waals surface area contributed by atoms with Crippen LogP contribution in [0.2, 0.25) is 0 Å². The quantitative estimate of drug-likeness (QED) is 0.798. The highest BCUT2D eigenvalue weighted by Gasteiger charge is 2.44. The van der Waals surface area contributed by atoms with Crippen molar-refractivity contribution in [2.45, 2.75) is 44.2 Å². The summed E-state index contributed by atoms with van der Waals surface area (Å²) in [7, 11) is 0. The first-order valence-electron chi connectivity index (χ1n) is 8.54. The number of urea groups is 1. The second kappa shape index (κ2) is 7.32. The molecule has 126 valence electrons. The van der Waals surface area contributed by atoms with Gasteiger partial charge in [0.05, 0.1) is 12.6 Å². The van der Waals surface area contributed by atoms with Crippen LogP contribution in [0.4, 0.5) is 4.79 Å². The largest absolute Gasteiger partial charge is 0.394 e.